The monoisotopic (exact) mass is 636 g/mol. The van der Waals surface area contributed by atoms with Crippen LogP contribution in [0.4, 0.5) is 26.3 Å². The number of benzene rings is 2. The largest absolute Gasteiger partial charge is 0.432 e. The van der Waals surface area contributed by atoms with Crippen LogP contribution in [0.2, 0.25) is 0 Å². The molecule has 3 saturated carbocycles. The van der Waals surface area contributed by atoms with Crippen LogP contribution in [-0.2, 0) is 6.42 Å². The topological polar surface area (TPSA) is 9.23 Å². The van der Waals surface area contributed by atoms with E-state index in [-0.39, 0.29) is 24.6 Å². The minimum atomic E-state index is -3.68. The van der Waals surface area contributed by atoms with Gasteiger partial charge in [0.2, 0.25) is 0 Å². The highest BCUT2D eigenvalue weighted by Crippen LogP contribution is 2.45. The molecule has 1 nitrogen and oxygen atoms in total. The minimum Gasteiger partial charge on any atom is -0.432 e. The molecule has 2 aromatic rings. The van der Waals surface area contributed by atoms with Gasteiger partial charge in [0.15, 0.2) is 17.5 Å². The summed E-state index contributed by atoms with van der Waals surface area (Å²) in [6.45, 7) is 2.28. The molecule has 0 aliphatic heterocycles. The van der Waals surface area contributed by atoms with Crippen molar-refractivity contribution >= 4 is 0 Å². The molecule has 3 aliphatic rings. The van der Waals surface area contributed by atoms with Gasteiger partial charge in [0.05, 0.1) is 5.92 Å². The van der Waals surface area contributed by atoms with E-state index in [0.29, 0.717) is 36.5 Å². The lowest BCUT2D eigenvalue weighted by Crippen LogP contribution is -2.37. The second kappa shape index (κ2) is 15.6. The SMILES string of the molecule is CCCCCC1CCC(C2CCC(CCc3ccc(C4CCC(C(F)(F)Oc5cc(F)c(F)c(F)c5)CC4)c(F)c3)CC2)CC1. The van der Waals surface area contributed by atoms with Gasteiger partial charge in [-0.1, -0.05) is 70.4 Å². The van der Waals surface area contributed by atoms with Crippen molar-refractivity contribution in [3.63, 3.8) is 0 Å². The highest BCUT2D eigenvalue weighted by atomic mass is 19.3. The first-order valence-electron chi connectivity index (χ1n) is 17.6. The van der Waals surface area contributed by atoms with Gasteiger partial charge >= 0.3 is 6.11 Å². The van der Waals surface area contributed by atoms with Gasteiger partial charge in [-0.3, -0.25) is 0 Å². The van der Waals surface area contributed by atoms with Crippen LogP contribution >= 0.6 is 0 Å². The minimum absolute atomic E-state index is 0.0775. The predicted octanol–water partition coefficient (Wildman–Crippen LogP) is 12.3. The molecule has 0 aromatic heterocycles. The highest BCUT2D eigenvalue weighted by molar-refractivity contribution is 5.28. The number of aryl methyl sites for hydroxylation is 1. The Morgan fingerprint density at radius 3 is 1.80 bits per heavy atom. The Labute approximate surface area is 265 Å². The molecule has 0 unspecified atom stereocenters. The molecule has 3 aliphatic carbocycles. The fraction of sp³-hybridized carbons (Fsp3) is 0.684. The summed E-state index contributed by atoms with van der Waals surface area (Å²) in [6, 6.07) is 6.28. The molecule has 0 bridgehead atoms. The number of hydrogen-bond acceptors (Lipinski definition) is 1. The van der Waals surface area contributed by atoms with Crippen LogP contribution in [0.5, 0.6) is 5.75 Å². The molecule has 250 valence electrons. The second-order valence-corrected chi connectivity index (χ2v) is 14.4. The van der Waals surface area contributed by atoms with Gasteiger partial charge in [0.1, 0.15) is 11.6 Å². The molecule has 0 spiro atoms. The third-order valence-electron chi connectivity index (χ3n) is 11.4. The number of unbranched alkanes of at least 4 members (excludes halogenated alkanes) is 2. The van der Waals surface area contributed by atoms with E-state index in [4.69, 9.17) is 0 Å². The van der Waals surface area contributed by atoms with Gasteiger partial charge in [0.25, 0.3) is 0 Å². The van der Waals surface area contributed by atoms with Crippen LogP contribution in [-0.4, -0.2) is 6.11 Å². The van der Waals surface area contributed by atoms with Gasteiger partial charge in [-0.2, -0.15) is 8.78 Å². The van der Waals surface area contributed by atoms with Crippen LogP contribution in [0, 0.1) is 52.9 Å². The summed E-state index contributed by atoms with van der Waals surface area (Å²) in [6.07, 6.45) is 15.6. The Morgan fingerprint density at radius 2 is 1.24 bits per heavy atom. The van der Waals surface area contributed by atoms with E-state index < -0.39 is 35.2 Å². The van der Waals surface area contributed by atoms with E-state index in [2.05, 4.69) is 11.7 Å². The summed E-state index contributed by atoms with van der Waals surface area (Å²) >= 11 is 0. The van der Waals surface area contributed by atoms with Gasteiger partial charge in [-0.05, 0) is 111 Å². The molecule has 0 saturated heterocycles. The third kappa shape index (κ3) is 9.00. The Morgan fingerprint density at radius 1 is 0.667 bits per heavy atom. The lowest BCUT2D eigenvalue weighted by Gasteiger charge is -2.38. The van der Waals surface area contributed by atoms with Crippen molar-refractivity contribution in [1.82, 2.24) is 0 Å². The van der Waals surface area contributed by atoms with E-state index >= 15 is 4.39 Å². The Hall–Kier alpha value is -2.18. The molecule has 45 heavy (non-hydrogen) atoms. The summed E-state index contributed by atoms with van der Waals surface area (Å²) in [5.41, 5.74) is 1.55. The number of alkyl halides is 2. The maximum Gasteiger partial charge on any atom is 0.400 e. The van der Waals surface area contributed by atoms with Crippen molar-refractivity contribution in [3.05, 3.63) is 64.7 Å². The van der Waals surface area contributed by atoms with Gasteiger partial charge in [-0.15, -0.1) is 0 Å². The Kier molecular flexibility index (Phi) is 11.8. The van der Waals surface area contributed by atoms with Gasteiger partial charge in [0, 0.05) is 12.1 Å². The molecule has 7 heteroatoms. The predicted molar refractivity (Wildman–Crippen MR) is 166 cm³/mol. The number of halogens is 6. The van der Waals surface area contributed by atoms with Crippen LogP contribution in [0.1, 0.15) is 133 Å². The standard InChI is InChI=1S/C38H50F6O/c1-2-3-4-5-25-8-13-28(14-9-25)29-15-10-26(11-16-29)6-7-27-12-21-33(34(39)22-27)30-17-19-31(20-18-30)38(43,44)45-32-23-35(40)37(42)36(41)24-32/h12,21-26,28-31H,2-11,13-20H2,1H3. The third-order valence-corrected chi connectivity index (χ3v) is 11.4. The number of hydrogen-bond donors (Lipinski definition) is 0. The molecule has 0 amide bonds. The zero-order valence-electron chi connectivity index (χ0n) is 26.8. The van der Waals surface area contributed by atoms with E-state index in [1.54, 1.807) is 6.07 Å². The van der Waals surface area contributed by atoms with E-state index in [9.17, 15) is 22.0 Å². The summed E-state index contributed by atoms with van der Waals surface area (Å²) < 4.78 is 89.5. The van der Waals surface area contributed by atoms with Crippen molar-refractivity contribution < 1.29 is 31.1 Å². The van der Waals surface area contributed by atoms with Crippen LogP contribution in [0.3, 0.4) is 0 Å². The van der Waals surface area contributed by atoms with Crippen molar-refractivity contribution in [2.24, 2.45) is 29.6 Å². The zero-order chi connectivity index (χ0) is 32.0. The molecular weight excluding hydrogens is 586 g/mol. The summed E-state index contributed by atoms with van der Waals surface area (Å²) in [4.78, 5) is 0. The quantitative estimate of drug-likeness (QED) is 0.128. The lowest BCUT2D eigenvalue weighted by molar-refractivity contribution is -0.222. The zero-order valence-corrected chi connectivity index (χ0v) is 26.8. The van der Waals surface area contributed by atoms with Crippen molar-refractivity contribution in [3.8, 4) is 5.75 Å². The van der Waals surface area contributed by atoms with Crippen molar-refractivity contribution in [2.45, 2.75) is 135 Å². The average molecular weight is 637 g/mol. The van der Waals surface area contributed by atoms with Crippen LogP contribution in [0.15, 0.2) is 30.3 Å². The lowest BCUT2D eigenvalue weighted by atomic mass is 9.68. The highest BCUT2D eigenvalue weighted by Gasteiger charge is 2.44. The molecular formula is C38H50F6O. The van der Waals surface area contributed by atoms with E-state index in [1.165, 1.54) is 77.0 Å². The molecule has 0 N–H and O–H groups in total. The van der Waals surface area contributed by atoms with Gasteiger partial charge < -0.3 is 4.74 Å². The Bertz CT molecular complexity index is 1200. The number of rotatable bonds is 12. The first kappa shape index (κ1) is 34.2. The normalized spacial score (nSPS) is 27.8. The first-order chi connectivity index (χ1) is 21.6. The Balaban J connectivity index is 1.03. The summed E-state index contributed by atoms with van der Waals surface area (Å²) in [5.74, 6) is -3.81. The van der Waals surface area contributed by atoms with Gasteiger partial charge in [-0.25, -0.2) is 17.6 Å². The maximum absolute atomic E-state index is 15.2. The molecule has 0 radical (unpaired) electrons. The van der Waals surface area contributed by atoms with Crippen molar-refractivity contribution in [2.75, 3.05) is 0 Å². The molecule has 0 atom stereocenters. The number of ether oxygens (including phenoxy) is 1. The maximum atomic E-state index is 15.2. The molecule has 3 fully saturated rings. The van der Waals surface area contributed by atoms with E-state index in [0.717, 1.165) is 36.2 Å². The molecule has 2 aromatic carbocycles. The smallest absolute Gasteiger partial charge is 0.400 e. The van der Waals surface area contributed by atoms with Crippen molar-refractivity contribution in [1.29, 1.82) is 0 Å². The average Bonchev–Trinajstić information content (AvgIpc) is 3.03. The van der Waals surface area contributed by atoms with Crippen LogP contribution in [0.25, 0.3) is 0 Å². The van der Waals surface area contributed by atoms with Crippen LogP contribution < -0.4 is 4.74 Å². The fourth-order valence-electron chi connectivity index (χ4n) is 8.58. The second-order valence-electron chi connectivity index (χ2n) is 14.4. The molecule has 0 heterocycles. The van der Waals surface area contributed by atoms with E-state index in [1.807, 2.05) is 12.1 Å². The summed E-state index contributed by atoms with van der Waals surface area (Å²) in [7, 11) is 0. The summed E-state index contributed by atoms with van der Waals surface area (Å²) in [5, 5.41) is 0. The molecule has 5 rings (SSSR count). The first-order valence-corrected chi connectivity index (χ1v) is 17.6. The fourth-order valence-corrected chi connectivity index (χ4v) is 8.58.